The van der Waals surface area contributed by atoms with Crippen LogP contribution < -0.4 is 5.32 Å². The van der Waals surface area contributed by atoms with Crippen LogP contribution in [-0.4, -0.2) is 4.98 Å². The van der Waals surface area contributed by atoms with E-state index in [1.807, 2.05) is 42.5 Å². The third kappa shape index (κ3) is 3.00. The molecule has 5 heteroatoms. The molecule has 0 aliphatic heterocycles. The van der Waals surface area contributed by atoms with E-state index < -0.39 is 0 Å². The van der Waals surface area contributed by atoms with Crippen LogP contribution in [0.4, 0.5) is 5.69 Å². The lowest BCUT2D eigenvalue weighted by molar-refractivity contribution is 1.15. The first-order valence-electron chi connectivity index (χ1n) is 6.37. The number of hydrogen-bond acceptors (Lipinski definition) is 2. The lowest BCUT2D eigenvalue weighted by Crippen LogP contribution is -2.02. The molecule has 0 unspecified atom stereocenters. The standard InChI is InChI=1S/C16H11BrCl2N2/c17-12-7-6-10(15-11(12)3-2-8-20-15)9-21-16-13(18)4-1-5-14(16)19/h1-8,21H,9H2. The highest BCUT2D eigenvalue weighted by Crippen LogP contribution is 2.31. The zero-order valence-corrected chi connectivity index (χ0v) is 14.0. The largest absolute Gasteiger partial charge is 0.378 e. The van der Waals surface area contributed by atoms with Gasteiger partial charge < -0.3 is 5.32 Å². The Hall–Kier alpha value is -1.29. The molecular weight excluding hydrogens is 371 g/mol. The highest BCUT2D eigenvalue weighted by atomic mass is 79.9. The number of rotatable bonds is 3. The second kappa shape index (κ2) is 6.22. The molecular formula is C16H11BrCl2N2. The van der Waals surface area contributed by atoms with Gasteiger partial charge in [-0.1, -0.05) is 57.3 Å². The zero-order valence-electron chi connectivity index (χ0n) is 10.9. The van der Waals surface area contributed by atoms with E-state index in [0.717, 1.165) is 26.6 Å². The Morgan fingerprint density at radius 1 is 1.00 bits per heavy atom. The third-order valence-electron chi connectivity index (χ3n) is 3.22. The van der Waals surface area contributed by atoms with Crippen molar-refractivity contribution in [2.45, 2.75) is 6.54 Å². The lowest BCUT2D eigenvalue weighted by atomic mass is 10.1. The second-order valence-electron chi connectivity index (χ2n) is 4.56. The monoisotopic (exact) mass is 380 g/mol. The van der Waals surface area contributed by atoms with Gasteiger partial charge in [-0.15, -0.1) is 0 Å². The highest BCUT2D eigenvalue weighted by molar-refractivity contribution is 9.10. The molecule has 1 heterocycles. The second-order valence-corrected chi connectivity index (χ2v) is 6.23. The molecule has 3 rings (SSSR count). The number of fused-ring (bicyclic) bond motifs is 1. The number of para-hydroxylation sites is 1. The molecule has 0 bridgehead atoms. The fourth-order valence-corrected chi connectivity index (χ4v) is 3.17. The summed E-state index contributed by atoms with van der Waals surface area (Å²) in [6.07, 6.45) is 1.79. The van der Waals surface area contributed by atoms with E-state index in [1.54, 1.807) is 6.20 Å². The molecule has 1 aromatic heterocycles. The van der Waals surface area contributed by atoms with Crippen molar-refractivity contribution >= 4 is 55.7 Å². The maximum atomic E-state index is 6.17. The van der Waals surface area contributed by atoms with E-state index in [-0.39, 0.29) is 0 Å². The molecule has 2 nitrogen and oxygen atoms in total. The molecule has 0 amide bonds. The molecule has 0 aliphatic carbocycles. The van der Waals surface area contributed by atoms with Crippen molar-refractivity contribution in [3.63, 3.8) is 0 Å². The van der Waals surface area contributed by atoms with Crippen LogP contribution in [0.5, 0.6) is 0 Å². The van der Waals surface area contributed by atoms with E-state index in [1.165, 1.54) is 0 Å². The van der Waals surface area contributed by atoms with Gasteiger partial charge in [0, 0.05) is 22.6 Å². The van der Waals surface area contributed by atoms with Gasteiger partial charge in [0.25, 0.3) is 0 Å². The van der Waals surface area contributed by atoms with Crippen molar-refractivity contribution in [1.29, 1.82) is 0 Å². The van der Waals surface area contributed by atoms with Crippen LogP contribution in [0.2, 0.25) is 10.0 Å². The van der Waals surface area contributed by atoms with Crippen LogP contribution >= 0.6 is 39.1 Å². The fourth-order valence-electron chi connectivity index (χ4n) is 2.19. The van der Waals surface area contributed by atoms with E-state index in [4.69, 9.17) is 23.2 Å². The summed E-state index contributed by atoms with van der Waals surface area (Å²) in [5.41, 5.74) is 2.79. The topological polar surface area (TPSA) is 24.9 Å². The molecule has 21 heavy (non-hydrogen) atoms. The summed E-state index contributed by atoms with van der Waals surface area (Å²) in [5.74, 6) is 0. The van der Waals surface area contributed by atoms with Crippen LogP contribution in [0, 0.1) is 0 Å². The van der Waals surface area contributed by atoms with Gasteiger partial charge in [-0.25, -0.2) is 0 Å². The number of anilines is 1. The molecule has 1 N–H and O–H groups in total. The summed E-state index contributed by atoms with van der Waals surface area (Å²) < 4.78 is 1.03. The molecule has 0 spiro atoms. The average molecular weight is 382 g/mol. The van der Waals surface area contributed by atoms with Crippen LogP contribution in [0.25, 0.3) is 10.9 Å². The highest BCUT2D eigenvalue weighted by Gasteiger charge is 2.08. The van der Waals surface area contributed by atoms with Crippen molar-refractivity contribution in [3.8, 4) is 0 Å². The maximum absolute atomic E-state index is 6.17. The van der Waals surface area contributed by atoms with Gasteiger partial charge in [-0.05, 0) is 29.8 Å². The summed E-state index contributed by atoms with van der Waals surface area (Å²) in [5, 5.41) is 5.59. The number of halogens is 3. The first-order valence-corrected chi connectivity index (χ1v) is 7.91. The minimum absolute atomic E-state index is 0.601. The van der Waals surface area contributed by atoms with Gasteiger partial charge in [-0.2, -0.15) is 0 Å². The van der Waals surface area contributed by atoms with Crippen LogP contribution in [0.1, 0.15) is 5.56 Å². The molecule has 0 saturated carbocycles. The summed E-state index contributed by atoms with van der Waals surface area (Å²) >= 11 is 15.9. The van der Waals surface area contributed by atoms with E-state index in [9.17, 15) is 0 Å². The minimum atomic E-state index is 0.601. The van der Waals surface area contributed by atoms with Crippen molar-refractivity contribution in [1.82, 2.24) is 4.98 Å². The number of pyridine rings is 1. The Kier molecular flexibility index (Phi) is 4.34. The summed E-state index contributed by atoms with van der Waals surface area (Å²) in [6, 6.07) is 13.5. The first-order chi connectivity index (χ1) is 10.2. The van der Waals surface area contributed by atoms with Crippen LogP contribution in [-0.2, 0) is 6.54 Å². The van der Waals surface area contributed by atoms with Crippen molar-refractivity contribution < 1.29 is 0 Å². The minimum Gasteiger partial charge on any atom is -0.378 e. The smallest absolute Gasteiger partial charge is 0.0763 e. The Morgan fingerprint density at radius 3 is 2.52 bits per heavy atom. The Labute approximate surface area is 141 Å². The van der Waals surface area contributed by atoms with Gasteiger partial charge in [0.2, 0.25) is 0 Å². The van der Waals surface area contributed by atoms with E-state index in [0.29, 0.717) is 16.6 Å². The van der Waals surface area contributed by atoms with E-state index >= 15 is 0 Å². The summed E-state index contributed by atoms with van der Waals surface area (Å²) in [7, 11) is 0. The Bertz CT molecular complexity index is 785. The van der Waals surface area contributed by atoms with Crippen LogP contribution in [0.3, 0.4) is 0 Å². The SMILES string of the molecule is Clc1cccc(Cl)c1NCc1ccc(Br)c2cccnc12. The molecule has 3 aromatic rings. The van der Waals surface area contributed by atoms with Crippen LogP contribution in [0.15, 0.2) is 53.1 Å². The van der Waals surface area contributed by atoms with Gasteiger partial charge >= 0.3 is 0 Å². The molecule has 0 atom stereocenters. The number of nitrogens with one attached hydrogen (secondary N) is 1. The number of aromatic nitrogens is 1. The molecule has 2 aromatic carbocycles. The molecule has 0 radical (unpaired) electrons. The van der Waals surface area contributed by atoms with Gasteiger partial charge in [0.1, 0.15) is 0 Å². The van der Waals surface area contributed by atoms with Crippen molar-refractivity contribution in [2.75, 3.05) is 5.32 Å². The predicted octanol–water partition coefficient (Wildman–Crippen LogP) is 5.92. The maximum Gasteiger partial charge on any atom is 0.0763 e. The molecule has 0 aliphatic rings. The molecule has 0 fully saturated rings. The van der Waals surface area contributed by atoms with Crippen molar-refractivity contribution in [3.05, 3.63) is 68.7 Å². The van der Waals surface area contributed by atoms with E-state index in [2.05, 4.69) is 26.2 Å². The fraction of sp³-hybridized carbons (Fsp3) is 0.0625. The quantitative estimate of drug-likeness (QED) is 0.609. The zero-order chi connectivity index (χ0) is 14.8. The Balaban J connectivity index is 1.94. The van der Waals surface area contributed by atoms with Crippen molar-refractivity contribution in [2.24, 2.45) is 0 Å². The number of benzene rings is 2. The normalized spacial score (nSPS) is 10.8. The number of hydrogen-bond donors (Lipinski definition) is 1. The Morgan fingerprint density at radius 2 is 1.76 bits per heavy atom. The molecule has 0 saturated heterocycles. The van der Waals surface area contributed by atoms with Gasteiger partial charge in [0.05, 0.1) is 21.2 Å². The summed E-state index contributed by atoms with van der Waals surface area (Å²) in [4.78, 5) is 4.46. The predicted molar refractivity (Wildman–Crippen MR) is 93.2 cm³/mol. The third-order valence-corrected chi connectivity index (χ3v) is 4.54. The average Bonchev–Trinajstić information content (AvgIpc) is 2.49. The van der Waals surface area contributed by atoms with Gasteiger partial charge in [-0.3, -0.25) is 4.98 Å². The number of nitrogens with zero attached hydrogens (tertiary/aromatic N) is 1. The lowest BCUT2D eigenvalue weighted by Gasteiger charge is -2.12. The first kappa shape index (κ1) is 14.6. The van der Waals surface area contributed by atoms with Gasteiger partial charge in [0.15, 0.2) is 0 Å². The molecule has 106 valence electrons. The summed E-state index contributed by atoms with van der Waals surface area (Å²) in [6.45, 7) is 0.601.